The predicted octanol–water partition coefficient (Wildman–Crippen LogP) is 3.29. The Labute approximate surface area is 203 Å². The maximum absolute atomic E-state index is 13.2. The minimum absolute atomic E-state index is 0.0543. The van der Waals surface area contributed by atoms with Crippen LogP contribution in [0.2, 0.25) is 0 Å². The molecule has 1 aliphatic heterocycles. The molecule has 0 unspecified atom stereocenters. The Bertz CT molecular complexity index is 1070. The van der Waals surface area contributed by atoms with Crippen LogP contribution in [0.4, 0.5) is 5.82 Å². The summed E-state index contributed by atoms with van der Waals surface area (Å²) < 4.78 is 7.25. The number of rotatable bonds is 13. The van der Waals surface area contributed by atoms with E-state index in [1.807, 2.05) is 0 Å². The van der Waals surface area contributed by atoms with Gasteiger partial charge >= 0.3 is 0 Å². The SMILES string of the molecule is CCCCCCCN1C(=O)/C(=C\c2c(NCCOCCO)nc3ccccn3c2=O)SC1=S. The summed E-state index contributed by atoms with van der Waals surface area (Å²) in [7, 11) is 0. The molecule has 1 aliphatic rings. The first-order valence-electron chi connectivity index (χ1n) is 11.3. The molecule has 1 saturated heterocycles. The van der Waals surface area contributed by atoms with Crippen molar-refractivity contribution in [1.82, 2.24) is 14.3 Å². The summed E-state index contributed by atoms with van der Waals surface area (Å²) >= 11 is 6.66. The fourth-order valence-corrected chi connectivity index (χ4v) is 4.76. The Balaban J connectivity index is 1.83. The number of aliphatic hydroxyl groups excluding tert-OH is 1. The number of unbranched alkanes of at least 4 members (excludes halogenated alkanes) is 4. The van der Waals surface area contributed by atoms with E-state index in [-0.39, 0.29) is 24.7 Å². The number of anilines is 1. The number of aromatic nitrogens is 2. The molecule has 0 radical (unpaired) electrons. The third kappa shape index (κ3) is 6.63. The number of amides is 1. The summed E-state index contributed by atoms with van der Waals surface area (Å²) in [5.74, 6) is 0.207. The molecular formula is C23H30N4O4S2. The third-order valence-electron chi connectivity index (χ3n) is 5.18. The zero-order valence-electron chi connectivity index (χ0n) is 18.8. The Kier molecular flexibility index (Phi) is 9.86. The number of hydrogen-bond acceptors (Lipinski definition) is 8. The summed E-state index contributed by atoms with van der Waals surface area (Å²) in [4.78, 5) is 32.9. The van der Waals surface area contributed by atoms with Crippen LogP contribution < -0.4 is 10.9 Å². The van der Waals surface area contributed by atoms with Crippen LogP contribution in [0.5, 0.6) is 0 Å². The average Bonchev–Trinajstić information content (AvgIpc) is 3.08. The van der Waals surface area contributed by atoms with Crippen LogP contribution >= 0.6 is 24.0 Å². The van der Waals surface area contributed by atoms with E-state index in [0.717, 1.165) is 19.3 Å². The van der Waals surface area contributed by atoms with Gasteiger partial charge in [0.25, 0.3) is 11.5 Å². The van der Waals surface area contributed by atoms with Crippen LogP contribution in [0.3, 0.4) is 0 Å². The van der Waals surface area contributed by atoms with Crippen molar-refractivity contribution in [3.05, 3.63) is 45.2 Å². The Morgan fingerprint density at radius 2 is 2.03 bits per heavy atom. The maximum atomic E-state index is 13.2. The van der Waals surface area contributed by atoms with Gasteiger partial charge < -0.3 is 15.2 Å². The highest BCUT2D eigenvalue weighted by Gasteiger charge is 2.32. The summed E-state index contributed by atoms with van der Waals surface area (Å²) in [5, 5.41) is 12.0. The molecule has 8 nitrogen and oxygen atoms in total. The molecule has 0 spiro atoms. The summed E-state index contributed by atoms with van der Waals surface area (Å²) in [6, 6.07) is 5.31. The third-order valence-corrected chi connectivity index (χ3v) is 6.56. The molecule has 33 heavy (non-hydrogen) atoms. The van der Waals surface area contributed by atoms with Gasteiger partial charge in [0.05, 0.1) is 30.3 Å². The van der Waals surface area contributed by atoms with Gasteiger partial charge in [-0.25, -0.2) is 4.98 Å². The normalized spacial score (nSPS) is 15.2. The first-order chi connectivity index (χ1) is 16.1. The summed E-state index contributed by atoms with van der Waals surface area (Å²) in [6.45, 7) is 3.69. The van der Waals surface area contributed by atoms with Crippen molar-refractivity contribution in [2.24, 2.45) is 0 Å². The van der Waals surface area contributed by atoms with E-state index in [2.05, 4.69) is 17.2 Å². The number of thiocarbonyl (C=S) groups is 1. The van der Waals surface area contributed by atoms with Crippen LogP contribution in [0.1, 0.15) is 44.6 Å². The first kappa shape index (κ1) is 25.4. The van der Waals surface area contributed by atoms with Crippen molar-refractivity contribution in [2.45, 2.75) is 39.0 Å². The number of carbonyl (C=O) groups excluding carboxylic acids is 1. The highest BCUT2D eigenvalue weighted by molar-refractivity contribution is 8.26. The number of fused-ring (bicyclic) bond motifs is 1. The number of ether oxygens (including phenoxy) is 1. The van der Waals surface area contributed by atoms with E-state index in [0.29, 0.717) is 46.0 Å². The van der Waals surface area contributed by atoms with Crippen LogP contribution in [-0.4, -0.2) is 62.5 Å². The molecule has 0 atom stereocenters. The fourth-order valence-electron chi connectivity index (χ4n) is 3.47. The number of nitrogens with one attached hydrogen (secondary N) is 1. The average molecular weight is 491 g/mol. The number of carbonyl (C=O) groups is 1. The molecule has 3 rings (SSSR count). The quantitative estimate of drug-likeness (QED) is 0.251. The number of nitrogens with zero attached hydrogens (tertiary/aromatic N) is 3. The van der Waals surface area contributed by atoms with Crippen molar-refractivity contribution in [3.8, 4) is 0 Å². The molecule has 2 aromatic rings. The summed E-state index contributed by atoms with van der Waals surface area (Å²) in [5.41, 5.74) is 0.520. The van der Waals surface area contributed by atoms with Crippen LogP contribution in [0.25, 0.3) is 11.7 Å². The molecule has 1 amide bonds. The first-order valence-corrected chi connectivity index (χ1v) is 12.5. The van der Waals surface area contributed by atoms with Gasteiger partial charge in [-0.15, -0.1) is 0 Å². The van der Waals surface area contributed by atoms with E-state index in [1.165, 1.54) is 29.0 Å². The zero-order chi connectivity index (χ0) is 23.6. The van der Waals surface area contributed by atoms with Crippen molar-refractivity contribution >= 4 is 51.7 Å². The standard InChI is InChI=1S/C23H30N4O4S2/c1-2-3-4-5-7-12-27-22(30)18(33-23(27)32)16-17-20(24-10-14-31-15-13-28)25-19-9-6-8-11-26(19)21(17)29/h6,8-9,11,16,24,28H,2-5,7,10,12-15H2,1H3/b18-16+. The molecule has 0 aromatic carbocycles. The van der Waals surface area contributed by atoms with Crippen molar-refractivity contribution in [1.29, 1.82) is 0 Å². The van der Waals surface area contributed by atoms with Gasteiger partial charge in [-0.3, -0.25) is 18.9 Å². The molecule has 2 N–H and O–H groups in total. The molecule has 0 bridgehead atoms. The maximum Gasteiger partial charge on any atom is 0.267 e. The van der Waals surface area contributed by atoms with E-state index in [1.54, 1.807) is 35.4 Å². The Morgan fingerprint density at radius 1 is 1.21 bits per heavy atom. The summed E-state index contributed by atoms with van der Waals surface area (Å²) in [6.07, 6.45) is 8.71. The molecule has 3 heterocycles. The van der Waals surface area contributed by atoms with Crippen LogP contribution in [-0.2, 0) is 9.53 Å². The van der Waals surface area contributed by atoms with Gasteiger partial charge in [0, 0.05) is 19.3 Å². The number of thioether (sulfide) groups is 1. The lowest BCUT2D eigenvalue weighted by Crippen LogP contribution is -2.29. The second-order valence-electron chi connectivity index (χ2n) is 7.62. The van der Waals surface area contributed by atoms with Gasteiger partial charge in [-0.05, 0) is 24.6 Å². The zero-order valence-corrected chi connectivity index (χ0v) is 20.4. The van der Waals surface area contributed by atoms with E-state index < -0.39 is 0 Å². The number of hydrogen-bond donors (Lipinski definition) is 2. The number of aliphatic hydroxyl groups is 1. The minimum atomic E-state index is -0.274. The second kappa shape index (κ2) is 12.8. The van der Waals surface area contributed by atoms with Crippen LogP contribution in [0.15, 0.2) is 34.1 Å². The molecule has 2 aromatic heterocycles. The highest BCUT2D eigenvalue weighted by Crippen LogP contribution is 2.33. The highest BCUT2D eigenvalue weighted by atomic mass is 32.2. The van der Waals surface area contributed by atoms with E-state index in [4.69, 9.17) is 22.1 Å². The predicted molar refractivity (Wildman–Crippen MR) is 136 cm³/mol. The lowest BCUT2D eigenvalue weighted by Gasteiger charge is -2.14. The Hall–Kier alpha value is -2.27. The lowest BCUT2D eigenvalue weighted by atomic mass is 10.1. The van der Waals surface area contributed by atoms with E-state index in [9.17, 15) is 9.59 Å². The van der Waals surface area contributed by atoms with Crippen molar-refractivity contribution < 1.29 is 14.6 Å². The van der Waals surface area contributed by atoms with Gasteiger partial charge in [0.15, 0.2) is 0 Å². The van der Waals surface area contributed by atoms with Crippen molar-refractivity contribution in [3.63, 3.8) is 0 Å². The van der Waals surface area contributed by atoms with Gasteiger partial charge in [-0.1, -0.05) is 62.7 Å². The van der Waals surface area contributed by atoms with Gasteiger partial charge in [0.2, 0.25) is 0 Å². The van der Waals surface area contributed by atoms with Gasteiger partial charge in [-0.2, -0.15) is 0 Å². The molecular weight excluding hydrogens is 460 g/mol. The van der Waals surface area contributed by atoms with Gasteiger partial charge in [0.1, 0.15) is 15.8 Å². The van der Waals surface area contributed by atoms with E-state index >= 15 is 0 Å². The molecule has 0 aliphatic carbocycles. The monoisotopic (exact) mass is 490 g/mol. The van der Waals surface area contributed by atoms with Crippen LogP contribution in [0, 0.1) is 0 Å². The smallest absolute Gasteiger partial charge is 0.267 e. The molecule has 0 saturated carbocycles. The lowest BCUT2D eigenvalue weighted by molar-refractivity contribution is -0.122. The van der Waals surface area contributed by atoms with Crippen molar-refractivity contribution in [2.75, 3.05) is 38.2 Å². The minimum Gasteiger partial charge on any atom is -0.394 e. The number of pyridine rings is 1. The molecule has 1 fully saturated rings. The largest absolute Gasteiger partial charge is 0.394 e. The molecule has 10 heteroatoms. The molecule has 178 valence electrons. The topological polar surface area (TPSA) is 96.2 Å². The fraction of sp³-hybridized carbons (Fsp3) is 0.478. The Morgan fingerprint density at radius 3 is 2.82 bits per heavy atom. The second-order valence-corrected chi connectivity index (χ2v) is 9.29.